The van der Waals surface area contributed by atoms with Gasteiger partial charge in [0.25, 0.3) is 0 Å². The Morgan fingerprint density at radius 1 is 1.25 bits per heavy atom. The van der Waals surface area contributed by atoms with Gasteiger partial charge in [0.1, 0.15) is 0 Å². The number of hydrogen-bond donors (Lipinski definition) is 3. The lowest BCUT2D eigenvalue weighted by Crippen LogP contribution is -2.60. The second-order valence-electron chi connectivity index (χ2n) is 7.73. The second kappa shape index (κ2) is 10.1. The van der Waals surface area contributed by atoms with Gasteiger partial charge in [0, 0.05) is 38.5 Å². The topological polar surface area (TPSA) is 96.7 Å². The van der Waals surface area contributed by atoms with Crippen molar-refractivity contribution in [2.45, 2.75) is 38.1 Å². The van der Waals surface area contributed by atoms with Crippen LogP contribution in [0.1, 0.15) is 31.2 Å². The van der Waals surface area contributed by atoms with Crippen LogP contribution >= 0.6 is 12.4 Å². The summed E-state index contributed by atoms with van der Waals surface area (Å²) in [6.45, 7) is 5.02. The second-order valence-corrected chi connectivity index (χ2v) is 7.73. The van der Waals surface area contributed by atoms with E-state index in [1.54, 1.807) is 0 Å². The quantitative estimate of drug-likeness (QED) is 0.709. The van der Waals surface area contributed by atoms with Crippen molar-refractivity contribution >= 4 is 30.0 Å². The first-order valence-electron chi connectivity index (χ1n) is 9.74. The number of halogens is 1. The van der Waals surface area contributed by atoms with Crippen LogP contribution in [0.15, 0.2) is 24.3 Å². The first-order valence-corrected chi connectivity index (χ1v) is 9.74. The van der Waals surface area contributed by atoms with E-state index in [4.69, 9.17) is 10.5 Å². The van der Waals surface area contributed by atoms with E-state index in [0.29, 0.717) is 39.1 Å². The number of carbonyl (C=O) groups excluding carboxylic acids is 2. The summed E-state index contributed by atoms with van der Waals surface area (Å²) in [5, 5.41) is 5.76. The van der Waals surface area contributed by atoms with Crippen molar-refractivity contribution in [2.24, 2.45) is 11.7 Å². The van der Waals surface area contributed by atoms with Crippen LogP contribution in [0.3, 0.4) is 0 Å². The number of benzene rings is 1. The van der Waals surface area contributed by atoms with Gasteiger partial charge in [-0.05, 0) is 50.7 Å². The molecule has 8 heteroatoms. The zero-order valence-electron chi connectivity index (χ0n) is 16.4. The smallest absolute Gasteiger partial charge is 0.319 e. The van der Waals surface area contributed by atoms with Crippen LogP contribution in [0.25, 0.3) is 0 Å². The number of anilines is 1. The summed E-state index contributed by atoms with van der Waals surface area (Å²) in [6.07, 6.45) is 3.08. The molecule has 0 bridgehead atoms. The predicted molar refractivity (Wildman–Crippen MR) is 112 cm³/mol. The minimum absolute atomic E-state index is 0. The Bertz CT molecular complexity index is 662. The van der Waals surface area contributed by atoms with E-state index in [-0.39, 0.29) is 30.3 Å². The molecule has 0 radical (unpaired) electrons. The molecule has 0 spiro atoms. The van der Waals surface area contributed by atoms with Crippen molar-refractivity contribution in [3.8, 4) is 0 Å². The number of nitrogens with zero attached hydrogens (tertiary/aromatic N) is 1. The number of nitrogens with two attached hydrogens (primary N) is 1. The van der Waals surface area contributed by atoms with Gasteiger partial charge in [-0.3, -0.25) is 4.79 Å². The van der Waals surface area contributed by atoms with Crippen LogP contribution in [-0.4, -0.2) is 55.2 Å². The predicted octanol–water partition coefficient (Wildman–Crippen LogP) is 2.28. The van der Waals surface area contributed by atoms with Gasteiger partial charge < -0.3 is 26.0 Å². The maximum Gasteiger partial charge on any atom is 0.319 e. The van der Waals surface area contributed by atoms with Crippen molar-refractivity contribution in [3.63, 3.8) is 0 Å². The van der Waals surface area contributed by atoms with E-state index >= 15 is 0 Å². The SMILES string of the molecule is Cc1ccc(NC(=O)NCC2CCCN(C(=O)C3(N)CCOCC3)C2)cc1.Cl. The third-order valence-corrected chi connectivity index (χ3v) is 5.48. The number of carbonyl (C=O) groups is 2. The van der Waals surface area contributed by atoms with E-state index in [0.717, 1.165) is 30.6 Å². The molecule has 7 nitrogen and oxygen atoms in total. The molecule has 1 unspecified atom stereocenters. The summed E-state index contributed by atoms with van der Waals surface area (Å²) >= 11 is 0. The van der Waals surface area contributed by atoms with Crippen molar-refractivity contribution in [1.82, 2.24) is 10.2 Å². The zero-order valence-corrected chi connectivity index (χ0v) is 17.2. The molecule has 2 heterocycles. The first kappa shape index (κ1) is 22.5. The Hall–Kier alpha value is -1.83. The molecule has 0 aromatic heterocycles. The molecule has 2 aliphatic rings. The first-order chi connectivity index (χ1) is 13.0. The van der Waals surface area contributed by atoms with Gasteiger partial charge >= 0.3 is 6.03 Å². The average molecular weight is 411 g/mol. The van der Waals surface area contributed by atoms with Crippen LogP contribution in [0.5, 0.6) is 0 Å². The van der Waals surface area contributed by atoms with Gasteiger partial charge in [0.05, 0.1) is 5.54 Å². The summed E-state index contributed by atoms with van der Waals surface area (Å²) < 4.78 is 5.34. The minimum Gasteiger partial charge on any atom is -0.381 e. The van der Waals surface area contributed by atoms with Crippen molar-refractivity contribution < 1.29 is 14.3 Å². The van der Waals surface area contributed by atoms with Gasteiger partial charge in [-0.25, -0.2) is 4.79 Å². The molecule has 3 rings (SSSR count). The maximum absolute atomic E-state index is 12.9. The number of urea groups is 1. The summed E-state index contributed by atoms with van der Waals surface area (Å²) in [7, 11) is 0. The van der Waals surface area contributed by atoms with Gasteiger partial charge in [0.15, 0.2) is 0 Å². The molecule has 1 aromatic carbocycles. The molecular weight excluding hydrogens is 380 g/mol. The Labute approximate surface area is 172 Å². The van der Waals surface area contributed by atoms with Gasteiger partial charge in [-0.2, -0.15) is 0 Å². The van der Waals surface area contributed by atoms with Crippen LogP contribution in [0.2, 0.25) is 0 Å². The standard InChI is InChI=1S/C20H30N4O3.ClH/c1-15-4-6-17(7-5-15)23-19(26)22-13-16-3-2-10-24(14-16)18(25)20(21)8-11-27-12-9-20;/h4-7,16H,2-3,8-14,21H2,1H3,(H2,22,23,26);1H. The number of likely N-dealkylation sites (tertiary alicyclic amines) is 1. The molecule has 3 amide bonds. The van der Waals surface area contributed by atoms with E-state index < -0.39 is 5.54 Å². The molecule has 4 N–H and O–H groups in total. The highest BCUT2D eigenvalue weighted by Gasteiger charge is 2.40. The highest BCUT2D eigenvalue weighted by molar-refractivity contribution is 5.89. The molecule has 2 saturated heterocycles. The lowest BCUT2D eigenvalue weighted by molar-refractivity contribution is -0.142. The molecule has 0 saturated carbocycles. The van der Waals surface area contributed by atoms with Crippen molar-refractivity contribution in [1.29, 1.82) is 0 Å². The van der Waals surface area contributed by atoms with Crippen LogP contribution in [0, 0.1) is 12.8 Å². The fourth-order valence-corrected chi connectivity index (χ4v) is 3.73. The number of ether oxygens (including phenoxy) is 1. The van der Waals surface area contributed by atoms with Crippen LogP contribution < -0.4 is 16.4 Å². The number of piperidine rings is 1. The summed E-state index contributed by atoms with van der Waals surface area (Å²) in [6, 6.07) is 7.45. The third kappa shape index (κ3) is 5.83. The fraction of sp³-hybridized carbons (Fsp3) is 0.600. The van der Waals surface area contributed by atoms with E-state index in [2.05, 4.69) is 10.6 Å². The Morgan fingerprint density at radius 2 is 1.93 bits per heavy atom. The molecule has 28 heavy (non-hydrogen) atoms. The van der Waals surface area contributed by atoms with Gasteiger partial charge in [-0.15, -0.1) is 12.4 Å². The molecule has 1 atom stereocenters. The van der Waals surface area contributed by atoms with Gasteiger partial charge in [-0.1, -0.05) is 17.7 Å². The monoisotopic (exact) mass is 410 g/mol. The van der Waals surface area contributed by atoms with E-state index in [1.807, 2.05) is 36.1 Å². The van der Waals surface area contributed by atoms with Gasteiger partial charge in [0.2, 0.25) is 5.91 Å². The molecule has 0 aliphatic carbocycles. The fourth-order valence-electron chi connectivity index (χ4n) is 3.73. The maximum atomic E-state index is 12.9. The number of hydrogen-bond acceptors (Lipinski definition) is 4. The average Bonchev–Trinajstić information content (AvgIpc) is 2.68. The van der Waals surface area contributed by atoms with E-state index in [9.17, 15) is 9.59 Å². The highest BCUT2D eigenvalue weighted by atomic mass is 35.5. The Balaban J connectivity index is 0.00000280. The summed E-state index contributed by atoms with van der Waals surface area (Å²) in [4.78, 5) is 26.9. The normalized spacial score (nSPS) is 21.4. The number of aryl methyl sites for hydroxylation is 1. The number of rotatable bonds is 4. The lowest BCUT2D eigenvalue weighted by Gasteiger charge is -2.40. The number of amides is 3. The number of nitrogens with one attached hydrogen (secondary N) is 2. The molecule has 2 fully saturated rings. The van der Waals surface area contributed by atoms with Crippen molar-refractivity contribution in [2.75, 3.05) is 38.2 Å². The van der Waals surface area contributed by atoms with E-state index in [1.165, 1.54) is 0 Å². The Morgan fingerprint density at radius 3 is 2.61 bits per heavy atom. The summed E-state index contributed by atoms with van der Waals surface area (Å²) in [5.41, 5.74) is 7.47. The van der Waals surface area contributed by atoms with Crippen LogP contribution in [-0.2, 0) is 9.53 Å². The highest BCUT2D eigenvalue weighted by Crippen LogP contribution is 2.24. The minimum atomic E-state index is -0.795. The van der Waals surface area contributed by atoms with Crippen molar-refractivity contribution in [3.05, 3.63) is 29.8 Å². The third-order valence-electron chi connectivity index (χ3n) is 5.48. The molecule has 156 valence electrons. The zero-order chi connectivity index (χ0) is 19.3. The molecule has 1 aromatic rings. The molecular formula is C20H31ClN4O3. The molecule has 2 aliphatic heterocycles. The lowest BCUT2D eigenvalue weighted by atomic mass is 9.88. The van der Waals surface area contributed by atoms with Crippen LogP contribution in [0.4, 0.5) is 10.5 Å². The largest absolute Gasteiger partial charge is 0.381 e. The Kier molecular flexibility index (Phi) is 8.10. The summed E-state index contributed by atoms with van der Waals surface area (Å²) in [5.74, 6) is 0.273.